The van der Waals surface area contributed by atoms with E-state index < -0.39 is 5.51 Å². The Morgan fingerprint density at radius 3 is 2.21 bits per heavy atom. The van der Waals surface area contributed by atoms with Gasteiger partial charge in [0.1, 0.15) is 0 Å². The fourth-order valence-electron chi connectivity index (χ4n) is 1.01. The molecule has 1 aromatic rings. The molecule has 0 spiro atoms. The molecule has 5 heteroatoms. The van der Waals surface area contributed by atoms with Crippen LogP contribution < -0.4 is 5.32 Å². The smallest absolute Gasteiger partial charge is 0.316 e. The van der Waals surface area contributed by atoms with Crippen molar-refractivity contribution in [2.24, 2.45) is 0 Å². The molecule has 0 atom stereocenters. The number of alkyl halides is 3. The third-order valence-corrected chi connectivity index (χ3v) is 2.28. The van der Waals surface area contributed by atoms with E-state index in [0.717, 1.165) is 5.56 Å². The van der Waals surface area contributed by atoms with Crippen LogP contribution in [0.15, 0.2) is 29.2 Å². The van der Waals surface area contributed by atoms with Gasteiger partial charge >= 0.3 is 5.51 Å². The maximum atomic E-state index is 11.9. The summed E-state index contributed by atoms with van der Waals surface area (Å²) >= 11 is -0.0929. The molecule has 1 N–H and O–H groups in total. The summed E-state index contributed by atoms with van der Waals surface area (Å²) in [6.07, 6.45) is 0. The molecule has 0 radical (unpaired) electrons. The molecule has 0 saturated heterocycles. The minimum Gasteiger partial charge on any atom is -0.316 e. The number of hydrogen-bond acceptors (Lipinski definition) is 2. The number of halogens is 3. The molecule has 1 nitrogen and oxygen atoms in total. The molecule has 0 aromatic heterocycles. The van der Waals surface area contributed by atoms with Gasteiger partial charge in [-0.1, -0.05) is 12.1 Å². The zero-order valence-corrected chi connectivity index (χ0v) is 8.38. The molecule has 14 heavy (non-hydrogen) atoms. The highest BCUT2D eigenvalue weighted by Gasteiger charge is 2.28. The van der Waals surface area contributed by atoms with Crippen molar-refractivity contribution in [2.45, 2.75) is 16.9 Å². The van der Waals surface area contributed by atoms with Crippen molar-refractivity contribution in [3.8, 4) is 0 Å². The summed E-state index contributed by atoms with van der Waals surface area (Å²) in [6, 6.07) is 6.32. The molecule has 1 rings (SSSR count). The Bertz CT molecular complexity index is 281. The summed E-state index contributed by atoms with van der Waals surface area (Å²) in [5.74, 6) is 0. The summed E-state index contributed by atoms with van der Waals surface area (Å²) in [5.41, 5.74) is -3.23. The van der Waals surface area contributed by atoms with Gasteiger partial charge in [0, 0.05) is 11.4 Å². The second-order valence-electron chi connectivity index (χ2n) is 2.72. The molecule has 0 bridgehead atoms. The fourth-order valence-corrected chi connectivity index (χ4v) is 1.55. The molecule has 0 aliphatic carbocycles. The Morgan fingerprint density at radius 1 is 1.21 bits per heavy atom. The van der Waals surface area contributed by atoms with Gasteiger partial charge in [-0.25, -0.2) is 0 Å². The van der Waals surface area contributed by atoms with Gasteiger partial charge in [0.15, 0.2) is 0 Å². The van der Waals surface area contributed by atoms with Crippen molar-refractivity contribution in [3.05, 3.63) is 29.8 Å². The average molecular weight is 221 g/mol. The molecule has 0 aliphatic heterocycles. The molecule has 0 unspecified atom stereocenters. The number of nitrogens with one attached hydrogen (secondary N) is 1. The highest BCUT2D eigenvalue weighted by molar-refractivity contribution is 8.00. The van der Waals surface area contributed by atoms with Crippen LogP contribution in [0.3, 0.4) is 0 Å². The van der Waals surface area contributed by atoms with Crippen molar-refractivity contribution >= 4 is 11.8 Å². The van der Waals surface area contributed by atoms with Gasteiger partial charge < -0.3 is 5.32 Å². The maximum absolute atomic E-state index is 11.9. The van der Waals surface area contributed by atoms with Crippen LogP contribution in [0.5, 0.6) is 0 Å². The summed E-state index contributed by atoms with van der Waals surface area (Å²) in [4.78, 5) is 0.220. The first-order valence-corrected chi connectivity index (χ1v) is 4.82. The molecular weight excluding hydrogens is 211 g/mol. The van der Waals surface area contributed by atoms with Gasteiger partial charge in [0.2, 0.25) is 0 Å². The highest BCUT2D eigenvalue weighted by atomic mass is 32.2. The van der Waals surface area contributed by atoms with Gasteiger partial charge in [-0.15, -0.1) is 0 Å². The fraction of sp³-hybridized carbons (Fsp3) is 0.333. The largest absolute Gasteiger partial charge is 0.446 e. The lowest BCUT2D eigenvalue weighted by molar-refractivity contribution is -0.0328. The predicted octanol–water partition coefficient (Wildman–Crippen LogP) is 3.02. The van der Waals surface area contributed by atoms with E-state index in [4.69, 9.17) is 0 Å². The van der Waals surface area contributed by atoms with Crippen LogP contribution in [0.4, 0.5) is 13.2 Å². The highest BCUT2D eigenvalue weighted by Crippen LogP contribution is 2.36. The summed E-state index contributed by atoms with van der Waals surface area (Å²) in [5, 5.41) is 2.92. The zero-order chi connectivity index (χ0) is 10.6. The third kappa shape index (κ3) is 4.02. The molecule has 0 saturated carbocycles. The monoisotopic (exact) mass is 221 g/mol. The van der Waals surface area contributed by atoms with E-state index in [1.165, 1.54) is 12.1 Å². The molecule has 78 valence electrons. The van der Waals surface area contributed by atoms with Gasteiger partial charge in [-0.05, 0) is 36.5 Å². The van der Waals surface area contributed by atoms with E-state index in [-0.39, 0.29) is 16.7 Å². The van der Waals surface area contributed by atoms with Crippen molar-refractivity contribution in [1.29, 1.82) is 0 Å². The molecule has 0 aliphatic rings. The lowest BCUT2D eigenvalue weighted by Crippen LogP contribution is -2.04. The van der Waals surface area contributed by atoms with Crippen molar-refractivity contribution in [2.75, 3.05) is 7.05 Å². The molecule has 1 aromatic carbocycles. The van der Waals surface area contributed by atoms with E-state index in [1.807, 2.05) is 0 Å². The van der Waals surface area contributed by atoms with Crippen LogP contribution in [0.1, 0.15) is 5.56 Å². The lowest BCUT2D eigenvalue weighted by atomic mass is 10.2. The van der Waals surface area contributed by atoms with Crippen molar-refractivity contribution in [1.82, 2.24) is 5.32 Å². The van der Waals surface area contributed by atoms with Crippen molar-refractivity contribution in [3.63, 3.8) is 0 Å². The minimum atomic E-state index is -4.20. The Morgan fingerprint density at radius 2 is 1.79 bits per heavy atom. The van der Waals surface area contributed by atoms with Crippen LogP contribution in [-0.4, -0.2) is 12.6 Å². The second kappa shape index (κ2) is 4.70. The zero-order valence-electron chi connectivity index (χ0n) is 7.56. The van der Waals surface area contributed by atoms with Crippen LogP contribution in [-0.2, 0) is 6.54 Å². The topological polar surface area (TPSA) is 12.0 Å². The summed E-state index contributed by atoms with van der Waals surface area (Å²) < 4.78 is 35.8. The Balaban J connectivity index is 2.64. The standard InChI is InChI=1S/C9H10F3NS/c1-13-6-7-2-4-8(5-3-7)14-9(10,11)12/h2-5,13H,6H2,1H3. The molecular formula is C9H10F3NS. The second-order valence-corrected chi connectivity index (χ2v) is 3.86. The normalized spacial score (nSPS) is 11.7. The van der Waals surface area contributed by atoms with Crippen molar-refractivity contribution < 1.29 is 13.2 Å². The number of benzene rings is 1. The van der Waals surface area contributed by atoms with Crippen LogP contribution in [0, 0.1) is 0 Å². The lowest BCUT2D eigenvalue weighted by Gasteiger charge is -2.06. The first-order chi connectivity index (χ1) is 6.51. The number of thioether (sulfide) groups is 1. The number of rotatable bonds is 3. The Hall–Kier alpha value is -0.680. The number of hydrogen-bond donors (Lipinski definition) is 1. The molecule has 0 heterocycles. The molecule has 0 fully saturated rings. The van der Waals surface area contributed by atoms with E-state index >= 15 is 0 Å². The van der Waals surface area contributed by atoms with E-state index in [9.17, 15) is 13.2 Å². The van der Waals surface area contributed by atoms with E-state index in [2.05, 4.69) is 5.32 Å². The Kier molecular flexibility index (Phi) is 3.83. The van der Waals surface area contributed by atoms with E-state index in [0.29, 0.717) is 6.54 Å². The third-order valence-electron chi connectivity index (χ3n) is 1.54. The first kappa shape index (κ1) is 11.4. The van der Waals surface area contributed by atoms with Gasteiger partial charge in [0.05, 0.1) is 0 Å². The van der Waals surface area contributed by atoms with Crippen LogP contribution in [0.2, 0.25) is 0 Å². The van der Waals surface area contributed by atoms with Gasteiger partial charge in [0.25, 0.3) is 0 Å². The first-order valence-electron chi connectivity index (χ1n) is 4.00. The summed E-state index contributed by atoms with van der Waals surface area (Å²) in [7, 11) is 1.79. The van der Waals surface area contributed by atoms with Gasteiger partial charge in [-0.2, -0.15) is 13.2 Å². The SMILES string of the molecule is CNCc1ccc(SC(F)(F)F)cc1. The van der Waals surface area contributed by atoms with Crippen LogP contribution >= 0.6 is 11.8 Å². The van der Waals surface area contributed by atoms with Crippen LogP contribution in [0.25, 0.3) is 0 Å². The van der Waals surface area contributed by atoms with E-state index in [1.54, 1.807) is 19.2 Å². The predicted molar refractivity (Wildman–Crippen MR) is 51.1 cm³/mol. The Labute approximate surface area is 84.7 Å². The average Bonchev–Trinajstić information content (AvgIpc) is 2.06. The molecule has 0 amide bonds. The quantitative estimate of drug-likeness (QED) is 0.787. The van der Waals surface area contributed by atoms with Gasteiger partial charge in [-0.3, -0.25) is 0 Å². The minimum absolute atomic E-state index is 0.0929. The summed E-state index contributed by atoms with van der Waals surface area (Å²) in [6.45, 7) is 0.664. The maximum Gasteiger partial charge on any atom is 0.446 e.